The van der Waals surface area contributed by atoms with E-state index in [4.69, 9.17) is 4.74 Å². The van der Waals surface area contributed by atoms with Gasteiger partial charge in [0.15, 0.2) is 5.78 Å². The molecule has 1 atom stereocenters. The number of benzene rings is 1. The van der Waals surface area contributed by atoms with Gasteiger partial charge in [-0.15, -0.1) is 5.10 Å². The number of ether oxygens (including phenoxy) is 1. The highest BCUT2D eigenvalue weighted by Crippen LogP contribution is 2.32. The normalized spacial score (nSPS) is 16.4. The number of pyridine rings is 1. The summed E-state index contributed by atoms with van der Waals surface area (Å²) in [5, 5.41) is 8.21. The van der Waals surface area contributed by atoms with Gasteiger partial charge in [-0.2, -0.15) is 4.39 Å². The molecule has 0 radical (unpaired) electrons. The lowest BCUT2D eigenvalue weighted by atomic mass is 9.95. The van der Waals surface area contributed by atoms with Crippen molar-refractivity contribution in [1.82, 2.24) is 20.0 Å². The van der Waals surface area contributed by atoms with Gasteiger partial charge in [0.05, 0.1) is 23.8 Å². The Morgan fingerprint density at radius 1 is 1.32 bits per heavy atom. The molecule has 0 unspecified atom stereocenters. The van der Waals surface area contributed by atoms with Crippen LogP contribution in [0.5, 0.6) is 5.75 Å². The van der Waals surface area contributed by atoms with Crippen LogP contribution in [0, 0.1) is 18.8 Å². The molecule has 0 spiro atoms. The van der Waals surface area contributed by atoms with Crippen LogP contribution >= 0.6 is 0 Å². The Labute approximate surface area is 143 Å². The topological polar surface area (TPSA) is 69.9 Å². The largest absolute Gasteiger partial charge is 0.492 e. The molecule has 0 fully saturated rings. The van der Waals surface area contributed by atoms with E-state index in [1.165, 1.54) is 10.9 Å². The number of fused-ring (bicyclic) bond motifs is 1. The fraction of sp³-hybridized carbons (Fsp3) is 0.222. The zero-order chi connectivity index (χ0) is 17.6. The van der Waals surface area contributed by atoms with Crippen molar-refractivity contribution >= 4 is 5.78 Å². The summed E-state index contributed by atoms with van der Waals surface area (Å²) < 4.78 is 21.0. The Balaban J connectivity index is 1.77. The SMILES string of the molecule is Cc1c(-c2ccc3c(c2)OC[C@H](C)C3=O)nnn1-c1cccnc1F. The van der Waals surface area contributed by atoms with Crippen LogP contribution in [0.1, 0.15) is 23.0 Å². The van der Waals surface area contributed by atoms with E-state index in [0.717, 1.165) is 5.56 Å². The minimum absolute atomic E-state index is 0.0746. The lowest BCUT2D eigenvalue weighted by molar-refractivity contribution is 0.0849. The van der Waals surface area contributed by atoms with Gasteiger partial charge in [0, 0.05) is 11.8 Å². The molecule has 0 saturated carbocycles. The van der Waals surface area contributed by atoms with Gasteiger partial charge in [-0.05, 0) is 31.2 Å². The first-order valence-corrected chi connectivity index (χ1v) is 7.91. The number of hydrogen-bond donors (Lipinski definition) is 0. The zero-order valence-electron chi connectivity index (χ0n) is 13.7. The Morgan fingerprint density at radius 2 is 2.16 bits per heavy atom. The minimum atomic E-state index is -0.615. The molecule has 0 bridgehead atoms. The Hall–Kier alpha value is -3.09. The number of halogens is 1. The summed E-state index contributed by atoms with van der Waals surface area (Å²) in [5.41, 5.74) is 2.83. The summed E-state index contributed by atoms with van der Waals surface area (Å²) in [7, 11) is 0. The second-order valence-corrected chi connectivity index (χ2v) is 6.04. The van der Waals surface area contributed by atoms with Crippen molar-refractivity contribution in [3.8, 4) is 22.7 Å². The fourth-order valence-electron chi connectivity index (χ4n) is 2.91. The van der Waals surface area contributed by atoms with Crippen LogP contribution in [0.15, 0.2) is 36.5 Å². The highest BCUT2D eigenvalue weighted by molar-refractivity contribution is 6.01. The summed E-state index contributed by atoms with van der Waals surface area (Å²) >= 11 is 0. The van der Waals surface area contributed by atoms with Gasteiger partial charge in [0.1, 0.15) is 17.1 Å². The standard InChI is InChI=1S/C18H15FN4O2/c1-10-9-25-15-8-12(5-6-13(15)17(10)24)16-11(2)23(22-21-16)14-4-3-7-20-18(14)19/h3-8,10H,9H2,1-2H3/t10-/m0/s1. The maximum absolute atomic E-state index is 13.9. The van der Waals surface area contributed by atoms with Crippen LogP contribution in [0.3, 0.4) is 0 Å². The van der Waals surface area contributed by atoms with E-state index in [1.54, 1.807) is 37.3 Å². The van der Waals surface area contributed by atoms with Crippen LogP contribution in [0.25, 0.3) is 16.9 Å². The number of aromatic nitrogens is 4. The van der Waals surface area contributed by atoms with Gasteiger partial charge in [-0.3, -0.25) is 4.79 Å². The molecule has 0 aliphatic carbocycles. The predicted molar refractivity (Wildman–Crippen MR) is 88.3 cm³/mol. The van der Waals surface area contributed by atoms with E-state index >= 15 is 0 Å². The van der Waals surface area contributed by atoms with Gasteiger partial charge < -0.3 is 4.74 Å². The van der Waals surface area contributed by atoms with Crippen molar-refractivity contribution in [2.75, 3.05) is 6.61 Å². The maximum Gasteiger partial charge on any atom is 0.238 e. The zero-order valence-corrected chi connectivity index (χ0v) is 13.7. The Kier molecular flexibility index (Phi) is 3.56. The summed E-state index contributed by atoms with van der Waals surface area (Å²) in [6, 6.07) is 8.55. The van der Waals surface area contributed by atoms with Crippen LogP contribution in [0.4, 0.5) is 4.39 Å². The monoisotopic (exact) mass is 338 g/mol. The average Bonchev–Trinajstić information content (AvgIpc) is 3.00. The molecule has 3 heterocycles. The summed E-state index contributed by atoms with van der Waals surface area (Å²) in [5.74, 6) is -0.141. The lowest BCUT2D eigenvalue weighted by Crippen LogP contribution is -2.25. The average molecular weight is 338 g/mol. The molecule has 1 aliphatic rings. The smallest absolute Gasteiger partial charge is 0.238 e. The first-order chi connectivity index (χ1) is 12.1. The lowest BCUT2D eigenvalue weighted by Gasteiger charge is -2.21. The van der Waals surface area contributed by atoms with Gasteiger partial charge in [0.2, 0.25) is 5.95 Å². The molecule has 25 heavy (non-hydrogen) atoms. The van der Waals surface area contributed by atoms with Crippen molar-refractivity contribution < 1.29 is 13.9 Å². The summed E-state index contributed by atoms with van der Waals surface area (Å²) in [6.45, 7) is 4.01. The Bertz CT molecular complexity index is 983. The fourth-order valence-corrected chi connectivity index (χ4v) is 2.91. The molecule has 126 valence electrons. The van der Waals surface area contributed by atoms with Crippen molar-refractivity contribution in [2.45, 2.75) is 13.8 Å². The third kappa shape index (κ3) is 2.48. The quantitative estimate of drug-likeness (QED) is 0.672. The molecular weight excluding hydrogens is 323 g/mol. The number of rotatable bonds is 2. The summed E-state index contributed by atoms with van der Waals surface area (Å²) in [6.07, 6.45) is 1.38. The number of carbonyl (C=O) groups excluding carboxylic acids is 1. The van der Waals surface area contributed by atoms with E-state index in [1.807, 2.05) is 6.92 Å². The predicted octanol–water partition coefficient (Wildman–Crippen LogP) is 2.99. The minimum Gasteiger partial charge on any atom is -0.492 e. The molecule has 6 nitrogen and oxygen atoms in total. The van der Waals surface area contributed by atoms with Gasteiger partial charge >= 0.3 is 0 Å². The second kappa shape index (κ2) is 5.77. The molecule has 1 aromatic carbocycles. The number of nitrogens with zero attached hydrogens (tertiary/aromatic N) is 4. The molecule has 0 saturated heterocycles. The van der Waals surface area contributed by atoms with Gasteiger partial charge in [-0.1, -0.05) is 18.2 Å². The van der Waals surface area contributed by atoms with Crippen molar-refractivity contribution in [1.29, 1.82) is 0 Å². The third-order valence-corrected chi connectivity index (χ3v) is 4.32. The molecule has 3 aromatic rings. The molecule has 0 amide bonds. The van der Waals surface area contributed by atoms with E-state index in [9.17, 15) is 9.18 Å². The van der Waals surface area contributed by atoms with E-state index in [-0.39, 0.29) is 17.4 Å². The van der Waals surface area contributed by atoms with Crippen LogP contribution in [0.2, 0.25) is 0 Å². The van der Waals surface area contributed by atoms with Crippen LogP contribution in [-0.4, -0.2) is 32.4 Å². The summed E-state index contributed by atoms with van der Waals surface area (Å²) in [4.78, 5) is 15.8. The number of hydrogen-bond acceptors (Lipinski definition) is 5. The first kappa shape index (κ1) is 15.4. The molecule has 2 aromatic heterocycles. The van der Waals surface area contributed by atoms with Gasteiger partial charge in [-0.25, -0.2) is 9.67 Å². The van der Waals surface area contributed by atoms with Crippen LogP contribution < -0.4 is 4.74 Å². The Morgan fingerprint density at radius 3 is 2.96 bits per heavy atom. The van der Waals surface area contributed by atoms with Crippen molar-refractivity contribution in [2.24, 2.45) is 5.92 Å². The number of ketones is 1. The van der Waals surface area contributed by atoms with Crippen LogP contribution in [-0.2, 0) is 0 Å². The highest BCUT2D eigenvalue weighted by atomic mass is 19.1. The molecular formula is C18H15FN4O2. The van der Waals surface area contributed by atoms with E-state index in [0.29, 0.717) is 29.3 Å². The third-order valence-electron chi connectivity index (χ3n) is 4.32. The number of carbonyl (C=O) groups is 1. The molecule has 7 heteroatoms. The van der Waals surface area contributed by atoms with Crippen molar-refractivity contribution in [3.05, 3.63) is 53.7 Å². The van der Waals surface area contributed by atoms with E-state index < -0.39 is 5.95 Å². The van der Waals surface area contributed by atoms with Gasteiger partial charge in [0.25, 0.3) is 0 Å². The number of Topliss-reactive ketones (excluding diaryl/α,β-unsaturated/α-hetero) is 1. The molecule has 0 N–H and O–H groups in total. The second-order valence-electron chi connectivity index (χ2n) is 6.04. The highest BCUT2D eigenvalue weighted by Gasteiger charge is 2.26. The molecule has 1 aliphatic heterocycles. The van der Waals surface area contributed by atoms with E-state index in [2.05, 4.69) is 15.3 Å². The first-order valence-electron chi connectivity index (χ1n) is 7.91. The van der Waals surface area contributed by atoms with Crippen molar-refractivity contribution in [3.63, 3.8) is 0 Å². The molecule has 4 rings (SSSR count). The maximum atomic E-state index is 13.9.